The summed E-state index contributed by atoms with van der Waals surface area (Å²) in [5.74, 6) is 1.60. The van der Waals surface area contributed by atoms with Crippen molar-refractivity contribution < 1.29 is 4.74 Å². The van der Waals surface area contributed by atoms with Gasteiger partial charge in [-0.2, -0.15) is 0 Å². The summed E-state index contributed by atoms with van der Waals surface area (Å²) in [4.78, 5) is 8.03. The maximum absolute atomic E-state index is 4.90. The van der Waals surface area contributed by atoms with E-state index in [4.69, 9.17) is 4.74 Å². The number of hydrogen-bond acceptors (Lipinski definition) is 5. The summed E-state index contributed by atoms with van der Waals surface area (Å²) in [5.41, 5.74) is 0. The van der Waals surface area contributed by atoms with E-state index < -0.39 is 0 Å². The molecule has 0 amide bonds. The molecule has 1 aromatic heterocycles. The van der Waals surface area contributed by atoms with Gasteiger partial charge >= 0.3 is 0 Å². The van der Waals surface area contributed by atoms with Gasteiger partial charge in [-0.1, -0.05) is 0 Å². The normalized spacial score (nSPS) is 9.69. The Hall–Kier alpha value is -1.36. The maximum atomic E-state index is 4.90. The molecule has 1 heterocycles. The molecule has 5 nitrogen and oxygen atoms in total. The molecule has 13 heavy (non-hydrogen) atoms. The molecule has 0 spiro atoms. The summed E-state index contributed by atoms with van der Waals surface area (Å²) in [6, 6.07) is 1.84. The number of ether oxygens (including phenoxy) is 1. The zero-order chi connectivity index (χ0) is 9.52. The van der Waals surface area contributed by atoms with Gasteiger partial charge in [-0.05, 0) is 0 Å². The Bertz CT molecular complexity index is 254. The SMILES string of the molecule is CNc1cc(NCCOC)ncn1. The van der Waals surface area contributed by atoms with Crippen molar-refractivity contribution in [3.63, 3.8) is 0 Å². The average Bonchev–Trinajstić information content (AvgIpc) is 2.19. The number of methoxy groups -OCH3 is 1. The van der Waals surface area contributed by atoms with Crippen LogP contribution in [0.5, 0.6) is 0 Å². The van der Waals surface area contributed by atoms with Crippen LogP contribution in [0, 0.1) is 0 Å². The van der Waals surface area contributed by atoms with Gasteiger partial charge in [-0.3, -0.25) is 0 Å². The number of nitrogens with one attached hydrogen (secondary N) is 2. The Morgan fingerprint density at radius 3 is 2.85 bits per heavy atom. The minimum atomic E-state index is 0.666. The minimum absolute atomic E-state index is 0.666. The molecule has 1 rings (SSSR count). The van der Waals surface area contributed by atoms with E-state index in [0.717, 1.165) is 18.2 Å². The first-order valence-electron chi connectivity index (χ1n) is 4.09. The first-order chi connectivity index (χ1) is 6.36. The van der Waals surface area contributed by atoms with Crippen LogP contribution in [0.1, 0.15) is 0 Å². The molecule has 0 bridgehead atoms. The fourth-order valence-corrected chi connectivity index (χ4v) is 0.872. The molecule has 0 saturated heterocycles. The van der Waals surface area contributed by atoms with Gasteiger partial charge in [-0.25, -0.2) is 9.97 Å². The first-order valence-corrected chi connectivity index (χ1v) is 4.09. The zero-order valence-electron chi connectivity index (χ0n) is 7.87. The molecule has 0 fully saturated rings. The molecule has 0 unspecified atom stereocenters. The summed E-state index contributed by atoms with van der Waals surface area (Å²) in [6.07, 6.45) is 1.51. The lowest BCUT2D eigenvalue weighted by Crippen LogP contribution is -2.09. The molecule has 0 atom stereocenters. The van der Waals surface area contributed by atoms with Crippen molar-refractivity contribution in [1.82, 2.24) is 9.97 Å². The summed E-state index contributed by atoms with van der Waals surface area (Å²) in [5, 5.41) is 6.04. The summed E-state index contributed by atoms with van der Waals surface area (Å²) in [7, 11) is 3.49. The largest absolute Gasteiger partial charge is 0.383 e. The van der Waals surface area contributed by atoms with Gasteiger partial charge in [0.15, 0.2) is 0 Å². The Kier molecular flexibility index (Phi) is 3.98. The smallest absolute Gasteiger partial charge is 0.131 e. The molecule has 1 aromatic rings. The van der Waals surface area contributed by atoms with Crippen LogP contribution in [0.15, 0.2) is 12.4 Å². The molecular weight excluding hydrogens is 168 g/mol. The molecule has 0 aliphatic carbocycles. The third-order valence-electron chi connectivity index (χ3n) is 1.54. The highest BCUT2D eigenvalue weighted by Gasteiger charge is 1.94. The van der Waals surface area contributed by atoms with E-state index in [0.29, 0.717) is 6.61 Å². The molecule has 0 aliphatic heterocycles. The molecule has 0 aromatic carbocycles. The van der Waals surface area contributed by atoms with Crippen LogP contribution in [0.25, 0.3) is 0 Å². The molecule has 0 aliphatic rings. The predicted molar refractivity (Wildman–Crippen MR) is 51.9 cm³/mol. The van der Waals surface area contributed by atoms with Crippen LogP contribution in [-0.4, -0.2) is 37.3 Å². The molecule has 2 N–H and O–H groups in total. The van der Waals surface area contributed by atoms with Crippen LogP contribution < -0.4 is 10.6 Å². The zero-order valence-corrected chi connectivity index (χ0v) is 7.87. The van der Waals surface area contributed by atoms with Crippen molar-refractivity contribution in [2.24, 2.45) is 0 Å². The van der Waals surface area contributed by atoms with Crippen LogP contribution in [-0.2, 0) is 4.74 Å². The highest BCUT2D eigenvalue weighted by Crippen LogP contribution is 2.06. The van der Waals surface area contributed by atoms with E-state index in [-0.39, 0.29) is 0 Å². The topological polar surface area (TPSA) is 59.1 Å². The van der Waals surface area contributed by atoms with E-state index in [9.17, 15) is 0 Å². The van der Waals surface area contributed by atoms with Gasteiger partial charge < -0.3 is 15.4 Å². The fraction of sp³-hybridized carbons (Fsp3) is 0.500. The minimum Gasteiger partial charge on any atom is -0.383 e. The van der Waals surface area contributed by atoms with E-state index in [2.05, 4.69) is 20.6 Å². The lowest BCUT2D eigenvalue weighted by atomic mass is 10.5. The van der Waals surface area contributed by atoms with E-state index in [1.807, 2.05) is 13.1 Å². The molecule has 5 heteroatoms. The molecule has 0 radical (unpaired) electrons. The standard InChI is InChI=1S/C8H14N4O/c1-9-7-5-8(12-6-11-7)10-3-4-13-2/h5-6H,3-4H2,1-2H3,(H2,9,10,11,12). The van der Waals surface area contributed by atoms with Crippen molar-refractivity contribution in [2.45, 2.75) is 0 Å². The summed E-state index contributed by atoms with van der Waals surface area (Å²) >= 11 is 0. The Morgan fingerprint density at radius 2 is 2.15 bits per heavy atom. The number of aromatic nitrogens is 2. The van der Waals surface area contributed by atoms with Crippen molar-refractivity contribution in [3.8, 4) is 0 Å². The van der Waals surface area contributed by atoms with Crippen molar-refractivity contribution in [2.75, 3.05) is 37.9 Å². The average molecular weight is 182 g/mol. The third-order valence-corrected chi connectivity index (χ3v) is 1.54. The maximum Gasteiger partial charge on any atom is 0.131 e. The van der Waals surface area contributed by atoms with Crippen LogP contribution in [0.2, 0.25) is 0 Å². The Labute approximate surface area is 77.5 Å². The molecular formula is C8H14N4O. The van der Waals surface area contributed by atoms with Crippen LogP contribution in [0.3, 0.4) is 0 Å². The lowest BCUT2D eigenvalue weighted by molar-refractivity contribution is 0.210. The van der Waals surface area contributed by atoms with Gasteiger partial charge in [0, 0.05) is 26.8 Å². The van der Waals surface area contributed by atoms with Gasteiger partial charge in [0.25, 0.3) is 0 Å². The monoisotopic (exact) mass is 182 g/mol. The second-order valence-corrected chi connectivity index (χ2v) is 2.46. The van der Waals surface area contributed by atoms with Gasteiger partial charge in [0.2, 0.25) is 0 Å². The number of nitrogens with zero attached hydrogens (tertiary/aromatic N) is 2. The van der Waals surface area contributed by atoms with Gasteiger partial charge in [-0.15, -0.1) is 0 Å². The third kappa shape index (κ3) is 3.25. The second kappa shape index (κ2) is 5.31. The number of hydrogen-bond donors (Lipinski definition) is 2. The summed E-state index contributed by atoms with van der Waals surface area (Å²) < 4.78 is 4.90. The highest BCUT2D eigenvalue weighted by atomic mass is 16.5. The van der Waals surface area contributed by atoms with Crippen molar-refractivity contribution in [3.05, 3.63) is 12.4 Å². The van der Waals surface area contributed by atoms with Crippen molar-refractivity contribution >= 4 is 11.6 Å². The lowest BCUT2D eigenvalue weighted by Gasteiger charge is -2.05. The number of rotatable bonds is 5. The van der Waals surface area contributed by atoms with Gasteiger partial charge in [0.1, 0.15) is 18.0 Å². The second-order valence-electron chi connectivity index (χ2n) is 2.46. The van der Waals surface area contributed by atoms with E-state index in [1.165, 1.54) is 6.33 Å². The van der Waals surface area contributed by atoms with Crippen LogP contribution in [0.4, 0.5) is 11.6 Å². The Balaban J connectivity index is 2.46. The molecule has 72 valence electrons. The Morgan fingerprint density at radius 1 is 1.38 bits per heavy atom. The van der Waals surface area contributed by atoms with Crippen LogP contribution >= 0.6 is 0 Å². The highest BCUT2D eigenvalue weighted by molar-refractivity contribution is 5.45. The van der Waals surface area contributed by atoms with Crippen molar-refractivity contribution in [1.29, 1.82) is 0 Å². The summed E-state index contributed by atoms with van der Waals surface area (Å²) in [6.45, 7) is 1.41. The molecule has 0 saturated carbocycles. The van der Waals surface area contributed by atoms with Gasteiger partial charge in [0.05, 0.1) is 6.61 Å². The van der Waals surface area contributed by atoms with E-state index in [1.54, 1.807) is 7.11 Å². The quantitative estimate of drug-likeness (QED) is 0.652. The number of anilines is 2. The van der Waals surface area contributed by atoms with E-state index >= 15 is 0 Å². The predicted octanol–water partition coefficient (Wildman–Crippen LogP) is 0.577. The fourth-order valence-electron chi connectivity index (χ4n) is 0.872. The first kappa shape index (κ1) is 9.73.